The van der Waals surface area contributed by atoms with Gasteiger partial charge in [0.1, 0.15) is 23.0 Å². The highest BCUT2D eigenvalue weighted by Crippen LogP contribution is 2.25. The largest absolute Gasteiger partial charge is 0.508 e. The number of aryl methyl sites for hydroxylation is 1. The highest BCUT2D eigenvalue weighted by molar-refractivity contribution is 5.92. The Morgan fingerprint density at radius 3 is 1.67 bits per heavy atom. The van der Waals surface area contributed by atoms with Crippen LogP contribution in [0.4, 0.5) is 0 Å². The molecule has 0 saturated heterocycles. The number of carbonyl (C=O) groups is 2. The van der Waals surface area contributed by atoms with Crippen molar-refractivity contribution in [3.63, 3.8) is 0 Å². The molecule has 0 aliphatic rings. The summed E-state index contributed by atoms with van der Waals surface area (Å²) >= 11 is 0. The van der Waals surface area contributed by atoms with E-state index in [1.807, 2.05) is 0 Å². The molecule has 6 nitrogen and oxygen atoms in total. The van der Waals surface area contributed by atoms with Gasteiger partial charge in [-0.2, -0.15) is 0 Å². The molecule has 0 saturated carbocycles. The van der Waals surface area contributed by atoms with Crippen molar-refractivity contribution in [3.8, 4) is 23.0 Å². The first-order chi connectivity index (χ1) is 12.9. The molecule has 6 heteroatoms. The highest BCUT2D eigenvalue weighted by atomic mass is 16.5. The van der Waals surface area contributed by atoms with Crippen molar-refractivity contribution in [1.29, 1.82) is 0 Å². The number of hydrogen-bond acceptors (Lipinski definition) is 6. The van der Waals surface area contributed by atoms with Crippen molar-refractivity contribution in [3.05, 3.63) is 83.4 Å². The Morgan fingerprint density at radius 2 is 1.19 bits per heavy atom. The van der Waals surface area contributed by atoms with Crippen molar-refractivity contribution < 1.29 is 29.3 Å². The summed E-state index contributed by atoms with van der Waals surface area (Å²) in [5.41, 5.74) is 1.21. The van der Waals surface area contributed by atoms with Gasteiger partial charge in [-0.25, -0.2) is 9.59 Å². The lowest BCUT2D eigenvalue weighted by molar-refractivity contribution is 0.0718. The van der Waals surface area contributed by atoms with E-state index in [-0.39, 0.29) is 11.5 Å². The average Bonchev–Trinajstić information content (AvgIpc) is 2.65. The summed E-state index contributed by atoms with van der Waals surface area (Å²) in [7, 11) is 0. The van der Waals surface area contributed by atoms with Gasteiger partial charge < -0.3 is 19.7 Å². The number of phenolic OH excluding ortho intramolecular Hbond substituents is 2. The molecular formula is C21H16O6. The summed E-state index contributed by atoms with van der Waals surface area (Å²) in [6.07, 6.45) is 0. The van der Waals surface area contributed by atoms with Gasteiger partial charge in [-0.15, -0.1) is 0 Å². The van der Waals surface area contributed by atoms with Crippen LogP contribution in [0.1, 0.15) is 26.3 Å². The maximum absolute atomic E-state index is 12.1. The van der Waals surface area contributed by atoms with E-state index in [2.05, 4.69) is 0 Å². The molecule has 3 aromatic rings. The molecule has 0 fully saturated rings. The van der Waals surface area contributed by atoms with Gasteiger partial charge in [0.15, 0.2) is 0 Å². The molecule has 0 spiro atoms. The Bertz CT molecular complexity index is 975. The van der Waals surface area contributed by atoms with E-state index in [1.54, 1.807) is 13.0 Å². The van der Waals surface area contributed by atoms with Gasteiger partial charge in [-0.05, 0) is 79.2 Å². The summed E-state index contributed by atoms with van der Waals surface area (Å²) in [5.74, 6) is -0.382. The first-order valence-corrected chi connectivity index (χ1v) is 8.05. The van der Waals surface area contributed by atoms with Crippen molar-refractivity contribution in [2.45, 2.75) is 6.92 Å². The zero-order valence-electron chi connectivity index (χ0n) is 14.4. The van der Waals surface area contributed by atoms with E-state index in [0.717, 1.165) is 0 Å². The minimum absolute atomic E-state index is 0.0576. The topological polar surface area (TPSA) is 93.1 Å². The first kappa shape index (κ1) is 18.0. The Labute approximate surface area is 155 Å². The van der Waals surface area contributed by atoms with Crippen LogP contribution in [0.2, 0.25) is 0 Å². The second-order valence-electron chi connectivity index (χ2n) is 5.80. The third-order valence-electron chi connectivity index (χ3n) is 3.77. The maximum atomic E-state index is 12.1. The van der Waals surface area contributed by atoms with E-state index < -0.39 is 11.9 Å². The van der Waals surface area contributed by atoms with E-state index in [0.29, 0.717) is 28.2 Å². The molecule has 0 unspecified atom stereocenters. The van der Waals surface area contributed by atoms with Gasteiger partial charge in [-0.1, -0.05) is 0 Å². The van der Waals surface area contributed by atoms with Crippen molar-refractivity contribution in [1.82, 2.24) is 0 Å². The molecule has 3 aromatic carbocycles. The molecule has 136 valence electrons. The number of aromatic hydroxyl groups is 2. The third kappa shape index (κ3) is 4.43. The third-order valence-corrected chi connectivity index (χ3v) is 3.77. The summed E-state index contributed by atoms with van der Waals surface area (Å²) < 4.78 is 10.6. The van der Waals surface area contributed by atoms with Crippen LogP contribution >= 0.6 is 0 Å². The number of phenols is 2. The molecule has 0 aliphatic carbocycles. The molecule has 0 bridgehead atoms. The molecule has 27 heavy (non-hydrogen) atoms. The standard InChI is InChI=1S/C21H16O6/c1-13-12-18(26-20(24)14-2-6-16(22)7-3-14)10-11-19(13)27-21(25)15-4-8-17(23)9-5-15/h2-12,22-23H,1H3. The Hall–Kier alpha value is -3.80. The number of benzene rings is 3. The lowest BCUT2D eigenvalue weighted by Crippen LogP contribution is -2.10. The second-order valence-corrected chi connectivity index (χ2v) is 5.80. The zero-order valence-corrected chi connectivity index (χ0v) is 14.4. The SMILES string of the molecule is Cc1cc(OC(=O)c2ccc(O)cc2)ccc1OC(=O)c1ccc(O)cc1. The molecule has 0 radical (unpaired) electrons. The summed E-state index contributed by atoms with van der Waals surface area (Å²) in [4.78, 5) is 24.2. The van der Waals surface area contributed by atoms with Gasteiger partial charge in [-0.3, -0.25) is 0 Å². The molecule has 0 atom stereocenters. The molecule has 3 rings (SSSR count). The lowest BCUT2D eigenvalue weighted by atomic mass is 10.2. The lowest BCUT2D eigenvalue weighted by Gasteiger charge is -2.10. The van der Waals surface area contributed by atoms with Gasteiger partial charge in [0.05, 0.1) is 11.1 Å². The van der Waals surface area contributed by atoms with Gasteiger partial charge in [0.2, 0.25) is 0 Å². The Balaban J connectivity index is 1.69. The molecule has 0 aliphatic heterocycles. The fourth-order valence-corrected chi connectivity index (χ4v) is 2.32. The van der Waals surface area contributed by atoms with E-state index in [9.17, 15) is 19.8 Å². The predicted octanol–water partition coefficient (Wildman–Crippen LogP) is 3.84. The molecule has 2 N–H and O–H groups in total. The van der Waals surface area contributed by atoms with Crippen LogP contribution in [0.3, 0.4) is 0 Å². The van der Waals surface area contributed by atoms with Crippen molar-refractivity contribution in [2.75, 3.05) is 0 Å². The van der Waals surface area contributed by atoms with Gasteiger partial charge >= 0.3 is 11.9 Å². The fraction of sp³-hybridized carbons (Fsp3) is 0.0476. The van der Waals surface area contributed by atoms with Crippen LogP contribution in [-0.4, -0.2) is 22.2 Å². The monoisotopic (exact) mass is 364 g/mol. The molecular weight excluding hydrogens is 348 g/mol. The van der Waals surface area contributed by atoms with Crippen molar-refractivity contribution >= 4 is 11.9 Å². The quantitative estimate of drug-likeness (QED) is 0.540. The Kier molecular flexibility index (Phi) is 5.08. The zero-order chi connectivity index (χ0) is 19.4. The van der Waals surface area contributed by atoms with E-state index in [4.69, 9.17) is 9.47 Å². The minimum Gasteiger partial charge on any atom is -0.508 e. The molecule has 0 heterocycles. The number of carbonyl (C=O) groups excluding carboxylic acids is 2. The fourth-order valence-electron chi connectivity index (χ4n) is 2.32. The van der Waals surface area contributed by atoms with Crippen LogP contribution in [0.5, 0.6) is 23.0 Å². The summed E-state index contributed by atoms with van der Waals surface area (Å²) in [6.45, 7) is 1.72. The van der Waals surface area contributed by atoms with Crippen LogP contribution in [0, 0.1) is 6.92 Å². The number of hydrogen-bond donors (Lipinski definition) is 2. The van der Waals surface area contributed by atoms with Crippen LogP contribution in [-0.2, 0) is 0 Å². The van der Waals surface area contributed by atoms with Gasteiger partial charge in [0, 0.05) is 0 Å². The highest BCUT2D eigenvalue weighted by Gasteiger charge is 2.13. The normalized spacial score (nSPS) is 10.3. The Morgan fingerprint density at radius 1 is 0.704 bits per heavy atom. The second kappa shape index (κ2) is 7.61. The summed E-state index contributed by atoms with van der Waals surface area (Å²) in [6, 6.07) is 16.1. The predicted molar refractivity (Wildman–Crippen MR) is 97.3 cm³/mol. The average molecular weight is 364 g/mol. The van der Waals surface area contributed by atoms with E-state index in [1.165, 1.54) is 60.7 Å². The number of esters is 2. The van der Waals surface area contributed by atoms with Crippen LogP contribution in [0.15, 0.2) is 66.7 Å². The smallest absolute Gasteiger partial charge is 0.343 e. The first-order valence-electron chi connectivity index (χ1n) is 8.05. The van der Waals surface area contributed by atoms with Crippen LogP contribution in [0.25, 0.3) is 0 Å². The summed E-state index contributed by atoms with van der Waals surface area (Å²) in [5, 5.41) is 18.5. The minimum atomic E-state index is -0.566. The van der Waals surface area contributed by atoms with E-state index >= 15 is 0 Å². The maximum Gasteiger partial charge on any atom is 0.343 e. The van der Waals surface area contributed by atoms with Crippen molar-refractivity contribution in [2.24, 2.45) is 0 Å². The molecule has 0 aromatic heterocycles. The number of ether oxygens (including phenoxy) is 2. The number of rotatable bonds is 4. The van der Waals surface area contributed by atoms with Crippen LogP contribution < -0.4 is 9.47 Å². The molecule has 0 amide bonds. The van der Waals surface area contributed by atoms with Gasteiger partial charge in [0.25, 0.3) is 0 Å².